The maximum absolute atomic E-state index is 11.1. The van der Waals surface area contributed by atoms with Crippen molar-refractivity contribution in [3.63, 3.8) is 0 Å². The molecule has 0 radical (unpaired) electrons. The average Bonchev–Trinajstić information content (AvgIpc) is 2.51. The van der Waals surface area contributed by atoms with Gasteiger partial charge in [-0.25, -0.2) is 0 Å². The van der Waals surface area contributed by atoms with E-state index in [1.165, 1.54) is 7.11 Å². The predicted molar refractivity (Wildman–Crippen MR) is 70.3 cm³/mol. The zero-order valence-corrected chi connectivity index (χ0v) is 12.1. The monoisotopic (exact) mass is 276 g/mol. The number of ether oxygens (including phenoxy) is 1. The Balaban J connectivity index is 2.53. The van der Waals surface area contributed by atoms with Crippen molar-refractivity contribution in [3.8, 4) is 0 Å². The molecule has 0 saturated heterocycles. The van der Waals surface area contributed by atoms with Crippen LogP contribution in [0.1, 0.15) is 24.7 Å². The van der Waals surface area contributed by atoms with Gasteiger partial charge in [0.05, 0.1) is 29.9 Å². The minimum absolute atomic E-state index is 0.183. The smallest absolute Gasteiger partial charge is 0.306 e. The van der Waals surface area contributed by atoms with Gasteiger partial charge in [-0.3, -0.25) is 9.48 Å². The second-order valence-corrected chi connectivity index (χ2v) is 5.68. The number of carbonyl (C=O) groups is 1. The van der Waals surface area contributed by atoms with Gasteiger partial charge in [-0.15, -0.1) is 0 Å². The number of hydrogen-bond donors (Lipinski definition) is 0. The van der Waals surface area contributed by atoms with Crippen LogP contribution in [0.2, 0.25) is 5.02 Å². The Morgan fingerprint density at radius 3 is 2.76 bits per heavy atom. The van der Waals surface area contributed by atoms with Crippen LogP contribution < -0.4 is 0 Å². The summed E-state index contributed by atoms with van der Waals surface area (Å²) in [6, 6.07) is 0. The van der Waals surface area contributed by atoms with Crippen LogP contribution >= 0.6 is 23.4 Å². The minimum Gasteiger partial charge on any atom is -0.469 e. The highest BCUT2D eigenvalue weighted by molar-refractivity contribution is 7.99. The van der Waals surface area contributed by atoms with E-state index >= 15 is 0 Å². The normalized spacial score (nSPS) is 12.5. The lowest BCUT2D eigenvalue weighted by Gasteiger charge is -2.10. The maximum Gasteiger partial charge on any atom is 0.306 e. The first kappa shape index (κ1) is 14.4. The number of aromatic nitrogens is 2. The Kier molecular flexibility index (Phi) is 5.33. The molecule has 4 nitrogen and oxygen atoms in total. The van der Waals surface area contributed by atoms with Crippen LogP contribution in [-0.2, 0) is 22.3 Å². The number of rotatable bonds is 5. The third-order valence-electron chi connectivity index (χ3n) is 2.45. The molecule has 0 saturated carbocycles. The largest absolute Gasteiger partial charge is 0.469 e. The molecule has 0 aliphatic heterocycles. The summed E-state index contributed by atoms with van der Waals surface area (Å²) in [6.07, 6.45) is 0.412. The summed E-state index contributed by atoms with van der Waals surface area (Å²) in [4.78, 5) is 11.1. The van der Waals surface area contributed by atoms with Gasteiger partial charge in [0.1, 0.15) is 0 Å². The van der Waals surface area contributed by atoms with Crippen LogP contribution in [0.25, 0.3) is 0 Å². The molecule has 0 aliphatic carbocycles. The van der Waals surface area contributed by atoms with E-state index in [1.54, 1.807) is 16.4 Å². The summed E-state index contributed by atoms with van der Waals surface area (Å²) >= 11 is 7.81. The number of halogens is 1. The third-order valence-corrected chi connectivity index (χ3v) is 4.12. The molecule has 0 amide bonds. The van der Waals surface area contributed by atoms with E-state index in [0.29, 0.717) is 11.4 Å². The highest BCUT2D eigenvalue weighted by Crippen LogP contribution is 2.26. The fraction of sp³-hybridized carbons (Fsp3) is 0.636. The van der Waals surface area contributed by atoms with Crippen LogP contribution in [0, 0.1) is 6.92 Å². The number of thioether (sulfide) groups is 1. The Hall–Kier alpha value is -0.680. The number of esters is 1. The van der Waals surface area contributed by atoms with Gasteiger partial charge >= 0.3 is 5.97 Å². The van der Waals surface area contributed by atoms with E-state index in [1.807, 2.05) is 20.9 Å². The molecule has 0 bridgehead atoms. The Morgan fingerprint density at radius 2 is 2.29 bits per heavy atom. The lowest BCUT2D eigenvalue weighted by atomic mass is 10.3. The van der Waals surface area contributed by atoms with Gasteiger partial charge in [0.25, 0.3) is 0 Å². The summed E-state index contributed by atoms with van der Waals surface area (Å²) in [5.41, 5.74) is 1.83. The Morgan fingerprint density at radius 1 is 1.65 bits per heavy atom. The molecule has 0 spiro atoms. The molecule has 1 aromatic heterocycles. The van der Waals surface area contributed by atoms with E-state index in [0.717, 1.165) is 17.1 Å². The number of hydrogen-bond acceptors (Lipinski definition) is 4. The van der Waals surface area contributed by atoms with Crippen molar-refractivity contribution in [2.75, 3.05) is 7.11 Å². The first-order valence-corrected chi connectivity index (χ1v) is 6.74. The number of nitrogens with zero attached hydrogens (tertiary/aromatic N) is 2. The Labute approximate surface area is 111 Å². The number of carbonyl (C=O) groups excluding carboxylic acids is 1. The van der Waals surface area contributed by atoms with Crippen molar-refractivity contribution in [2.24, 2.45) is 7.05 Å². The number of methoxy groups -OCH3 is 1. The molecule has 0 aromatic carbocycles. The SMILES string of the molecule is COC(=O)CC(C)SCc1c(Cl)c(C)nn1C. The standard InChI is InChI=1S/C11H17ClN2O2S/c1-7(5-10(15)16-4)17-6-9-11(12)8(2)13-14(9)3/h7H,5-6H2,1-4H3. The molecule has 1 rings (SSSR count). The van der Waals surface area contributed by atoms with Crippen molar-refractivity contribution in [3.05, 3.63) is 16.4 Å². The molecule has 1 aromatic rings. The van der Waals surface area contributed by atoms with Crippen LogP contribution in [0.5, 0.6) is 0 Å². The molecule has 96 valence electrons. The second-order valence-electron chi connectivity index (χ2n) is 3.87. The van der Waals surface area contributed by atoms with E-state index < -0.39 is 0 Å². The van der Waals surface area contributed by atoms with Crippen LogP contribution in [0.15, 0.2) is 0 Å². The Bertz CT molecular complexity index is 406. The first-order valence-electron chi connectivity index (χ1n) is 5.32. The van der Waals surface area contributed by atoms with Gasteiger partial charge in [-0.05, 0) is 6.92 Å². The molecule has 0 aliphatic rings. The van der Waals surface area contributed by atoms with E-state index in [2.05, 4.69) is 9.84 Å². The van der Waals surface area contributed by atoms with Crippen LogP contribution in [0.4, 0.5) is 0 Å². The van der Waals surface area contributed by atoms with Crippen molar-refractivity contribution < 1.29 is 9.53 Å². The second kappa shape index (κ2) is 6.31. The lowest BCUT2D eigenvalue weighted by molar-refractivity contribution is -0.140. The summed E-state index contributed by atoms with van der Waals surface area (Å²) in [6.45, 7) is 3.88. The van der Waals surface area contributed by atoms with Gasteiger partial charge in [-0.1, -0.05) is 18.5 Å². The molecular weight excluding hydrogens is 260 g/mol. The van der Waals surface area contributed by atoms with Gasteiger partial charge in [-0.2, -0.15) is 16.9 Å². The number of aryl methyl sites for hydroxylation is 2. The van der Waals surface area contributed by atoms with Crippen LogP contribution in [0.3, 0.4) is 0 Å². The average molecular weight is 277 g/mol. The quantitative estimate of drug-likeness (QED) is 0.776. The molecule has 0 fully saturated rings. The van der Waals surface area contributed by atoms with E-state index in [4.69, 9.17) is 11.6 Å². The van der Waals surface area contributed by atoms with Gasteiger partial charge < -0.3 is 4.74 Å². The van der Waals surface area contributed by atoms with Crippen molar-refractivity contribution in [1.29, 1.82) is 0 Å². The van der Waals surface area contributed by atoms with Gasteiger partial charge in [0, 0.05) is 18.1 Å². The highest BCUT2D eigenvalue weighted by Gasteiger charge is 2.14. The first-order chi connectivity index (χ1) is 7.95. The van der Waals surface area contributed by atoms with Crippen molar-refractivity contribution in [2.45, 2.75) is 31.3 Å². The van der Waals surface area contributed by atoms with Gasteiger partial charge in [0.15, 0.2) is 0 Å². The highest BCUT2D eigenvalue weighted by atomic mass is 35.5. The fourth-order valence-electron chi connectivity index (χ4n) is 1.44. The lowest BCUT2D eigenvalue weighted by Crippen LogP contribution is -2.09. The van der Waals surface area contributed by atoms with Crippen molar-refractivity contribution in [1.82, 2.24) is 9.78 Å². The summed E-state index contributed by atoms with van der Waals surface area (Å²) in [7, 11) is 3.28. The summed E-state index contributed by atoms with van der Waals surface area (Å²) in [5, 5.41) is 5.16. The van der Waals surface area contributed by atoms with E-state index in [-0.39, 0.29) is 11.2 Å². The molecule has 1 unspecified atom stereocenters. The van der Waals surface area contributed by atoms with Gasteiger partial charge in [0.2, 0.25) is 0 Å². The summed E-state index contributed by atoms with van der Waals surface area (Å²) < 4.78 is 6.42. The third kappa shape index (κ3) is 3.92. The maximum atomic E-state index is 11.1. The molecule has 1 atom stereocenters. The van der Waals surface area contributed by atoms with E-state index in [9.17, 15) is 4.79 Å². The molecule has 17 heavy (non-hydrogen) atoms. The van der Waals surface area contributed by atoms with Crippen LogP contribution in [-0.4, -0.2) is 28.1 Å². The molecule has 6 heteroatoms. The molecular formula is C11H17ClN2O2S. The zero-order chi connectivity index (χ0) is 13.0. The molecule has 1 heterocycles. The minimum atomic E-state index is -0.183. The zero-order valence-electron chi connectivity index (χ0n) is 10.5. The molecule has 0 N–H and O–H groups in total. The van der Waals surface area contributed by atoms with Crippen molar-refractivity contribution >= 4 is 29.3 Å². The predicted octanol–water partition coefficient (Wildman–Crippen LogP) is 2.57. The fourth-order valence-corrected chi connectivity index (χ4v) is 2.77. The topological polar surface area (TPSA) is 44.1 Å². The summed E-state index contributed by atoms with van der Waals surface area (Å²) in [5.74, 6) is 0.561.